The molecule has 0 saturated carbocycles. The van der Waals surface area contributed by atoms with Gasteiger partial charge in [0.2, 0.25) is 14.8 Å². The van der Waals surface area contributed by atoms with Crippen LogP contribution in [0, 0.1) is 14.8 Å². The van der Waals surface area contributed by atoms with Crippen LogP contribution in [0.2, 0.25) is 0 Å². The van der Waals surface area contributed by atoms with Crippen LogP contribution in [0.15, 0.2) is 24.3 Å². The first kappa shape index (κ1) is 21.4. The van der Waals surface area contributed by atoms with Crippen LogP contribution in [0.1, 0.15) is 44.6 Å². The molecule has 0 saturated heterocycles. The second kappa shape index (κ2) is 8.14. The third kappa shape index (κ3) is 5.70. The quantitative estimate of drug-likeness (QED) is 0.690. The maximum atomic E-state index is 13.5. The lowest BCUT2D eigenvalue weighted by Gasteiger charge is -2.13. The minimum atomic E-state index is -4.20. The summed E-state index contributed by atoms with van der Waals surface area (Å²) in [6, 6.07) is 7.28. The van der Waals surface area contributed by atoms with E-state index < -0.39 is 36.2 Å². The summed E-state index contributed by atoms with van der Waals surface area (Å²) in [5.74, 6) is 0. The van der Waals surface area contributed by atoms with Crippen molar-refractivity contribution >= 4 is 20.6 Å². The molecule has 3 nitrogen and oxygen atoms in total. The van der Waals surface area contributed by atoms with E-state index in [9.17, 15) is 13.2 Å². The first-order valence-corrected chi connectivity index (χ1v) is 10.4. The molecule has 8 heteroatoms. The first-order valence-electron chi connectivity index (χ1n) is 7.27. The van der Waals surface area contributed by atoms with Gasteiger partial charge in [-0.2, -0.15) is 0 Å². The molecule has 0 aliphatic heterocycles. The minimum absolute atomic E-state index is 0.452. The van der Waals surface area contributed by atoms with E-state index in [1.807, 2.05) is 39.8 Å². The number of halogens is 4. The van der Waals surface area contributed by atoms with Crippen molar-refractivity contribution in [2.45, 2.75) is 51.5 Å². The lowest BCUT2D eigenvalue weighted by molar-refractivity contribution is -1.73. The van der Waals surface area contributed by atoms with Crippen molar-refractivity contribution in [1.29, 1.82) is 0 Å². The van der Waals surface area contributed by atoms with Crippen LogP contribution >= 0.6 is 10.5 Å². The lowest BCUT2D eigenvalue weighted by Crippen LogP contribution is -2.42. The van der Waals surface area contributed by atoms with Gasteiger partial charge in [-0.05, 0) is 18.1 Å². The van der Waals surface area contributed by atoms with E-state index in [1.54, 1.807) is 12.1 Å². The Hall–Kier alpha value is -0.670. The molecular weight excluding hydrogens is 409 g/mol. The molecule has 2 aromatic rings. The fourth-order valence-corrected chi connectivity index (χ4v) is 4.63. The van der Waals surface area contributed by atoms with Gasteiger partial charge in [0.15, 0.2) is 9.58 Å². The molecule has 0 fully saturated rings. The Morgan fingerprint density at radius 2 is 1.58 bits per heavy atom. The van der Waals surface area contributed by atoms with Crippen LogP contribution in [0.3, 0.4) is 0 Å². The Labute approximate surface area is 147 Å². The molecule has 1 heterocycles. The topological polar surface area (TPSA) is 69.2 Å². The maximum absolute atomic E-state index is 13.5. The predicted molar refractivity (Wildman–Crippen MR) is 80.4 cm³/mol. The summed E-state index contributed by atoms with van der Waals surface area (Å²) in [5.41, 5.74) is -3.67. The van der Waals surface area contributed by atoms with E-state index in [-0.39, 0.29) is 0 Å². The highest BCUT2D eigenvalue weighted by molar-refractivity contribution is 7.38. The number of fused-ring (bicyclic) bond motifs is 1. The fourth-order valence-electron chi connectivity index (χ4n) is 2.41. The fraction of sp³-hybridized carbons (Fsp3) is 0.500. The molecule has 0 N–H and O–H groups in total. The number of thiophene rings is 1. The Morgan fingerprint density at radius 3 is 2.00 bits per heavy atom. The molecule has 0 bridgehead atoms. The zero-order valence-electron chi connectivity index (χ0n) is 13.9. The van der Waals surface area contributed by atoms with Crippen molar-refractivity contribution in [2.24, 2.45) is 0 Å². The lowest BCUT2D eigenvalue weighted by atomic mass is 9.94. The Bertz CT molecular complexity index is 673. The highest BCUT2D eigenvalue weighted by Gasteiger charge is 2.50. The average molecular weight is 429 g/mol. The second-order valence-corrected chi connectivity index (χ2v) is 9.07. The summed E-state index contributed by atoms with van der Waals surface area (Å²) in [6.07, 6.45) is 1.77. The third-order valence-corrected chi connectivity index (χ3v) is 5.74. The molecule has 2 rings (SSSR count). The van der Waals surface area contributed by atoms with Crippen LogP contribution in [0.4, 0.5) is 13.2 Å². The van der Waals surface area contributed by atoms with Crippen molar-refractivity contribution in [3.63, 3.8) is 0 Å². The van der Waals surface area contributed by atoms with Crippen molar-refractivity contribution in [1.82, 2.24) is 0 Å². The van der Waals surface area contributed by atoms with Gasteiger partial charge >= 0.3 is 5.51 Å². The van der Waals surface area contributed by atoms with Crippen LogP contribution < -0.4 is 12.6 Å². The largest absolute Gasteiger partial charge is 0.600 e. The molecule has 0 aliphatic carbocycles. The summed E-state index contributed by atoms with van der Waals surface area (Å²) in [5, 5.41) is 0.732. The van der Waals surface area contributed by atoms with Crippen LogP contribution in [-0.4, -0.2) is 0 Å². The van der Waals surface area contributed by atoms with E-state index in [0.29, 0.717) is 9.58 Å². The molecule has 0 radical (unpaired) electrons. The molecule has 1 aromatic carbocycles. The SMILES string of the molecule is CCCc1ccc2cc(C(C)(C)C)[s+](C(F)(F)F)c2c1.[O-][Br+2]([O-])[O-]. The van der Waals surface area contributed by atoms with Gasteiger partial charge in [-0.15, -0.1) is 13.2 Å². The number of benzene rings is 1. The van der Waals surface area contributed by atoms with Crippen molar-refractivity contribution in [3.8, 4) is 0 Å². The predicted octanol–water partition coefficient (Wildman–Crippen LogP) is 2.75. The monoisotopic (exact) mass is 428 g/mol. The molecule has 1 aromatic heterocycles. The zero-order valence-corrected chi connectivity index (χ0v) is 16.3. The summed E-state index contributed by atoms with van der Waals surface area (Å²) < 4.78 is 66.5. The van der Waals surface area contributed by atoms with Gasteiger partial charge in [-0.25, -0.2) is 0 Å². The van der Waals surface area contributed by atoms with Crippen molar-refractivity contribution < 1.29 is 40.6 Å². The van der Waals surface area contributed by atoms with E-state index in [1.165, 1.54) is 0 Å². The van der Waals surface area contributed by atoms with Crippen LogP contribution in [0.25, 0.3) is 10.1 Å². The molecule has 0 amide bonds. The molecule has 24 heavy (non-hydrogen) atoms. The van der Waals surface area contributed by atoms with Crippen molar-refractivity contribution in [3.05, 3.63) is 34.7 Å². The average Bonchev–Trinajstić information content (AvgIpc) is 2.76. The molecule has 136 valence electrons. The highest BCUT2D eigenvalue weighted by atomic mass is 80.0. The van der Waals surface area contributed by atoms with Gasteiger partial charge in [-0.1, -0.05) is 40.2 Å². The number of hydrogen-bond donors (Lipinski definition) is 0. The number of aryl methyl sites for hydroxylation is 1. The molecule has 1 unspecified atom stereocenters. The summed E-state index contributed by atoms with van der Waals surface area (Å²) in [7, 11) is -1.78. The van der Waals surface area contributed by atoms with E-state index in [0.717, 1.165) is 23.8 Å². The smallest absolute Gasteiger partial charge is 0.405 e. The Balaban J connectivity index is 0.000000648. The summed E-state index contributed by atoms with van der Waals surface area (Å²) in [6.45, 7) is 7.59. The van der Waals surface area contributed by atoms with Gasteiger partial charge < -0.3 is 12.6 Å². The second-order valence-electron chi connectivity index (χ2n) is 6.32. The molecular formula is C16H20BrF3O3S. The standard InChI is InChI=1S/C16H20F3S.BrO3/c1-5-6-11-7-8-12-10-14(15(2,3)4)20(13(12)9-11)16(17,18)19;2-1(3)4/h7-10H,5-6H2,1-4H3;/q+1;-1. The van der Waals surface area contributed by atoms with Gasteiger partial charge in [0.05, 0.1) is 10.5 Å². The van der Waals surface area contributed by atoms with Crippen LogP contribution in [0.5, 0.6) is 0 Å². The first-order chi connectivity index (χ1) is 10.9. The van der Waals surface area contributed by atoms with E-state index in [2.05, 4.69) is 0 Å². The Morgan fingerprint density at radius 1 is 1.04 bits per heavy atom. The maximum Gasteiger partial charge on any atom is 0.600 e. The number of hydrogen-bond acceptors (Lipinski definition) is 3. The number of alkyl halides is 3. The number of rotatable bonds is 2. The van der Waals surface area contributed by atoms with Gasteiger partial charge in [0.25, 0.3) is 0 Å². The van der Waals surface area contributed by atoms with Gasteiger partial charge in [-0.3, -0.25) is 0 Å². The summed E-state index contributed by atoms with van der Waals surface area (Å²) in [4.78, 5) is 0.494. The minimum Gasteiger partial charge on any atom is -0.405 e. The molecule has 0 aliphatic rings. The summed E-state index contributed by atoms with van der Waals surface area (Å²) >= 11 is -3.65. The molecule has 1 atom stereocenters. The van der Waals surface area contributed by atoms with E-state index >= 15 is 0 Å². The zero-order chi connectivity index (χ0) is 18.7. The third-order valence-electron chi connectivity index (χ3n) is 3.31. The Kier molecular flexibility index (Phi) is 7.25. The van der Waals surface area contributed by atoms with E-state index in [4.69, 9.17) is 12.6 Å². The van der Waals surface area contributed by atoms with Gasteiger partial charge in [0, 0.05) is 22.9 Å². The molecule has 0 spiro atoms. The highest BCUT2D eigenvalue weighted by Crippen LogP contribution is 2.54. The van der Waals surface area contributed by atoms with Crippen molar-refractivity contribution in [2.75, 3.05) is 0 Å². The van der Waals surface area contributed by atoms with Crippen LogP contribution in [-0.2, 0) is 17.3 Å². The van der Waals surface area contributed by atoms with Gasteiger partial charge in [0.1, 0.15) is 0 Å². The normalized spacial score (nSPS) is 13.2.